The van der Waals surface area contributed by atoms with Crippen LogP contribution in [-0.4, -0.2) is 18.1 Å². The Kier molecular flexibility index (Phi) is 4.88. The van der Waals surface area contributed by atoms with Gasteiger partial charge in [0.15, 0.2) is 0 Å². The summed E-state index contributed by atoms with van der Waals surface area (Å²) in [5, 5.41) is 0. The molecule has 0 N–H and O–H groups in total. The van der Waals surface area contributed by atoms with Crippen molar-refractivity contribution in [3.63, 3.8) is 0 Å². The van der Waals surface area contributed by atoms with E-state index in [2.05, 4.69) is 48.7 Å². The first-order valence-corrected chi connectivity index (χ1v) is 8.79. The van der Waals surface area contributed by atoms with Crippen molar-refractivity contribution >= 4 is 22.9 Å². The molecular weight excluding hydrogens is 329 g/mol. The number of nitrogens with zero attached hydrogens (tertiary/aromatic N) is 1. The Morgan fingerprint density at radius 3 is 2.96 bits per heavy atom. The first-order chi connectivity index (χ1) is 11.1. The van der Waals surface area contributed by atoms with E-state index in [1.165, 1.54) is 27.6 Å². The molecule has 0 saturated heterocycles. The zero-order chi connectivity index (χ0) is 16.4. The summed E-state index contributed by atoms with van der Waals surface area (Å²) in [5.41, 5.74) is 4.75. The lowest BCUT2D eigenvalue weighted by atomic mass is 9.86. The number of rotatable bonds is 4. The molecule has 0 fully saturated rings. The second-order valence-electron chi connectivity index (χ2n) is 5.77. The largest absolute Gasteiger partial charge is 0.366 e. The summed E-state index contributed by atoms with van der Waals surface area (Å²) >= 11 is 7.89. The molecule has 1 unspecified atom stereocenters. The van der Waals surface area contributed by atoms with Gasteiger partial charge in [0, 0.05) is 23.0 Å². The summed E-state index contributed by atoms with van der Waals surface area (Å²) in [6, 6.07) is 10.5. The molecule has 4 heteroatoms. The Morgan fingerprint density at radius 1 is 1.43 bits per heavy atom. The topological polar surface area (TPSA) is 3.24 Å². The molecule has 0 aliphatic carbocycles. The van der Waals surface area contributed by atoms with E-state index >= 15 is 0 Å². The highest BCUT2D eigenvalue weighted by atomic mass is 35.5. The predicted molar refractivity (Wildman–Crippen MR) is 97.0 cm³/mol. The minimum atomic E-state index is -0.468. The van der Waals surface area contributed by atoms with Crippen LogP contribution in [-0.2, 0) is 6.54 Å². The first-order valence-electron chi connectivity index (χ1n) is 7.60. The number of benzene rings is 1. The van der Waals surface area contributed by atoms with E-state index in [0.29, 0.717) is 0 Å². The average Bonchev–Trinajstić information content (AvgIpc) is 2.92. The number of aryl methyl sites for hydroxylation is 1. The third kappa shape index (κ3) is 3.36. The van der Waals surface area contributed by atoms with Gasteiger partial charge in [0.2, 0.25) is 0 Å². The van der Waals surface area contributed by atoms with Crippen LogP contribution in [0.5, 0.6) is 0 Å². The Balaban J connectivity index is 1.99. The molecule has 1 atom stereocenters. The molecule has 120 valence electrons. The second kappa shape index (κ2) is 6.90. The van der Waals surface area contributed by atoms with Gasteiger partial charge in [0.25, 0.3) is 0 Å². The Bertz CT molecular complexity index is 750. The normalized spacial score (nSPS) is 17.5. The molecule has 2 heterocycles. The molecule has 1 aliphatic heterocycles. The van der Waals surface area contributed by atoms with Gasteiger partial charge in [0.1, 0.15) is 6.67 Å². The summed E-state index contributed by atoms with van der Waals surface area (Å²) in [5.74, 6) is 0.263. The SMILES string of the molecule is C=C(/C=C/CF)N1Cc2sc(Cl)cc2C(c2ccccc2C)C1. The number of halogens is 2. The molecule has 1 aliphatic rings. The quantitative estimate of drug-likeness (QED) is 0.641. The highest BCUT2D eigenvalue weighted by Crippen LogP contribution is 2.41. The first kappa shape index (κ1) is 16.3. The van der Waals surface area contributed by atoms with Gasteiger partial charge in [-0.25, -0.2) is 4.39 Å². The molecular formula is C19H19ClFNS. The molecule has 1 nitrogen and oxygen atoms in total. The molecule has 2 aromatic rings. The van der Waals surface area contributed by atoms with Crippen molar-refractivity contribution < 1.29 is 4.39 Å². The molecule has 0 bridgehead atoms. The van der Waals surface area contributed by atoms with Crippen molar-refractivity contribution in [2.75, 3.05) is 13.2 Å². The number of allylic oxidation sites excluding steroid dienone is 2. The predicted octanol–water partition coefficient (Wildman–Crippen LogP) is 5.70. The third-order valence-corrected chi connectivity index (χ3v) is 5.56. The number of hydrogen-bond acceptors (Lipinski definition) is 2. The van der Waals surface area contributed by atoms with Crippen molar-refractivity contribution in [3.8, 4) is 0 Å². The molecule has 1 aromatic heterocycles. The van der Waals surface area contributed by atoms with Crippen LogP contribution in [0.2, 0.25) is 4.34 Å². The highest BCUT2D eigenvalue weighted by Gasteiger charge is 2.29. The van der Waals surface area contributed by atoms with Gasteiger partial charge < -0.3 is 4.90 Å². The second-order valence-corrected chi connectivity index (χ2v) is 7.53. The van der Waals surface area contributed by atoms with Crippen LogP contribution in [0.4, 0.5) is 4.39 Å². The van der Waals surface area contributed by atoms with E-state index in [1.54, 1.807) is 17.4 Å². The fraction of sp³-hybridized carbons (Fsp3) is 0.263. The van der Waals surface area contributed by atoms with Gasteiger partial charge in [-0.05, 0) is 35.8 Å². The average molecular weight is 348 g/mol. The molecule has 3 rings (SSSR count). The van der Waals surface area contributed by atoms with E-state index < -0.39 is 6.67 Å². The number of alkyl halides is 1. The zero-order valence-corrected chi connectivity index (χ0v) is 14.6. The maximum atomic E-state index is 12.4. The van der Waals surface area contributed by atoms with Crippen LogP contribution >= 0.6 is 22.9 Å². The Morgan fingerprint density at radius 2 is 2.22 bits per heavy atom. The number of thiophene rings is 1. The van der Waals surface area contributed by atoms with Gasteiger partial charge in [-0.3, -0.25) is 0 Å². The summed E-state index contributed by atoms with van der Waals surface area (Å²) < 4.78 is 13.2. The van der Waals surface area contributed by atoms with E-state index in [4.69, 9.17) is 11.6 Å². The van der Waals surface area contributed by atoms with Gasteiger partial charge in [0.05, 0.1) is 10.9 Å². The summed E-state index contributed by atoms with van der Waals surface area (Å²) in [4.78, 5) is 3.47. The van der Waals surface area contributed by atoms with Gasteiger partial charge in [-0.15, -0.1) is 11.3 Å². The minimum absolute atomic E-state index is 0.263. The third-order valence-electron chi connectivity index (χ3n) is 4.29. The highest BCUT2D eigenvalue weighted by molar-refractivity contribution is 7.16. The lowest BCUT2D eigenvalue weighted by molar-refractivity contribution is 0.318. The molecule has 0 saturated carbocycles. The maximum absolute atomic E-state index is 12.4. The molecule has 0 amide bonds. The summed E-state index contributed by atoms with van der Waals surface area (Å²) in [7, 11) is 0. The number of hydrogen-bond donors (Lipinski definition) is 0. The van der Waals surface area contributed by atoms with Gasteiger partial charge >= 0.3 is 0 Å². The summed E-state index contributed by atoms with van der Waals surface area (Å²) in [6.45, 7) is 7.38. The molecule has 1 aromatic carbocycles. The van der Waals surface area contributed by atoms with Crippen molar-refractivity contribution in [1.29, 1.82) is 0 Å². The standard InChI is InChI=1S/C19H19ClFNS/c1-13-6-3-4-8-15(13)17-11-22(14(2)7-5-9-21)12-18-16(17)10-19(20)23-18/h3-8,10,17H,2,9,11-12H2,1H3/b7-5+. The van der Waals surface area contributed by atoms with E-state index in [0.717, 1.165) is 23.1 Å². The fourth-order valence-corrected chi connectivity index (χ4v) is 4.49. The number of fused-ring (bicyclic) bond motifs is 1. The fourth-order valence-electron chi connectivity index (χ4n) is 3.13. The lowest BCUT2D eigenvalue weighted by Crippen LogP contribution is -2.32. The monoisotopic (exact) mass is 347 g/mol. The summed E-state index contributed by atoms with van der Waals surface area (Å²) in [6.07, 6.45) is 3.26. The van der Waals surface area contributed by atoms with Crippen LogP contribution in [0.3, 0.4) is 0 Å². The molecule has 0 radical (unpaired) electrons. The Labute approximate surface area is 145 Å². The maximum Gasteiger partial charge on any atom is 0.108 e. The van der Waals surface area contributed by atoms with Crippen LogP contribution in [0.1, 0.15) is 27.5 Å². The minimum Gasteiger partial charge on any atom is -0.366 e. The Hall–Kier alpha value is -1.58. The van der Waals surface area contributed by atoms with E-state index in [-0.39, 0.29) is 5.92 Å². The van der Waals surface area contributed by atoms with Crippen molar-refractivity contribution in [1.82, 2.24) is 4.90 Å². The lowest BCUT2D eigenvalue weighted by Gasteiger charge is -2.35. The van der Waals surface area contributed by atoms with Crippen LogP contribution < -0.4 is 0 Å². The van der Waals surface area contributed by atoms with E-state index in [1.807, 2.05) is 0 Å². The van der Waals surface area contributed by atoms with Crippen molar-refractivity contribution in [2.45, 2.75) is 19.4 Å². The van der Waals surface area contributed by atoms with Crippen LogP contribution in [0.25, 0.3) is 0 Å². The smallest absolute Gasteiger partial charge is 0.108 e. The zero-order valence-electron chi connectivity index (χ0n) is 13.1. The molecule has 23 heavy (non-hydrogen) atoms. The van der Waals surface area contributed by atoms with Gasteiger partial charge in [-0.1, -0.05) is 48.5 Å². The van der Waals surface area contributed by atoms with E-state index in [9.17, 15) is 4.39 Å². The van der Waals surface area contributed by atoms with Crippen LogP contribution in [0, 0.1) is 6.92 Å². The molecule has 0 spiro atoms. The van der Waals surface area contributed by atoms with Crippen molar-refractivity contribution in [3.05, 3.63) is 80.7 Å². The van der Waals surface area contributed by atoms with Gasteiger partial charge in [-0.2, -0.15) is 0 Å². The van der Waals surface area contributed by atoms with Crippen LogP contribution in [0.15, 0.2) is 54.8 Å². The van der Waals surface area contributed by atoms with Crippen molar-refractivity contribution in [2.24, 2.45) is 0 Å².